The second-order valence-electron chi connectivity index (χ2n) is 8.34. The van der Waals surface area contributed by atoms with Crippen LogP contribution < -0.4 is 5.32 Å². The number of hydrogen-bond donors (Lipinski definition) is 1. The Hall–Kier alpha value is -0.850. The van der Waals surface area contributed by atoms with Crippen LogP contribution in [0.1, 0.15) is 46.5 Å². The van der Waals surface area contributed by atoms with E-state index in [-0.39, 0.29) is 6.09 Å². The summed E-state index contributed by atoms with van der Waals surface area (Å²) in [6.45, 7) is 11.8. The van der Waals surface area contributed by atoms with Crippen LogP contribution in [0.15, 0.2) is 0 Å². The molecule has 3 fully saturated rings. The van der Waals surface area contributed by atoms with E-state index < -0.39 is 5.60 Å². The molecule has 0 bridgehead atoms. The van der Waals surface area contributed by atoms with Crippen molar-refractivity contribution in [2.45, 2.75) is 70.3 Å². The topological polar surface area (TPSA) is 54.0 Å². The van der Waals surface area contributed by atoms with E-state index in [1.54, 1.807) is 0 Å². The largest absolute Gasteiger partial charge is 0.444 e. The number of carbonyl (C=O) groups is 1. The average molecular weight is 339 g/mol. The fraction of sp³-hybridized carbons (Fsp3) is 0.944. The third-order valence-electron chi connectivity index (χ3n) is 5.22. The highest BCUT2D eigenvalue weighted by molar-refractivity contribution is 5.68. The Bertz CT molecular complexity index is 418. The van der Waals surface area contributed by atoms with Gasteiger partial charge in [-0.1, -0.05) is 0 Å². The van der Waals surface area contributed by atoms with Gasteiger partial charge in [0.25, 0.3) is 0 Å². The Kier molecular flexibility index (Phi) is 5.67. The van der Waals surface area contributed by atoms with Crippen molar-refractivity contribution in [2.75, 3.05) is 39.3 Å². The van der Waals surface area contributed by atoms with E-state index in [4.69, 9.17) is 9.47 Å². The number of carbonyl (C=O) groups excluding carboxylic acids is 1. The lowest BCUT2D eigenvalue weighted by molar-refractivity contribution is -0.104. The first kappa shape index (κ1) is 18.0. The summed E-state index contributed by atoms with van der Waals surface area (Å²) in [5, 5.41) is 3.41. The van der Waals surface area contributed by atoms with Gasteiger partial charge in [0.05, 0.1) is 12.2 Å². The maximum absolute atomic E-state index is 12.1. The van der Waals surface area contributed by atoms with Gasteiger partial charge in [0, 0.05) is 45.3 Å². The van der Waals surface area contributed by atoms with Gasteiger partial charge < -0.3 is 19.7 Å². The Balaban J connectivity index is 1.33. The molecule has 0 aromatic carbocycles. The molecule has 0 radical (unpaired) electrons. The molecule has 3 aliphatic rings. The van der Waals surface area contributed by atoms with Crippen LogP contribution in [0.25, 0.3) is 0 Å². The Labute approximate surface area is 145 Å². The minimum atomic E-state index is -0.421. The van der Waals surface area contributed by atoms with E-state index in [0.717, 1.165) is 45.1 Å². The van der Waals surface area contributed by atoms with Crippen molar-refractivity contribution in [3.8, 4) is 0 Å². The molecular formula is C18H33N3O3. The Morgan fingerprint density at radius 2 is 1.62 bits per heavy atom. The number of nitrogens with zero attached hydrogens (tertiary/aromatic N) is 2. The Morgan fingerprint density at radius 3 is 2.21 bits per heavy atom. The van der Waals surface area contributed by atoms with E-state index >= 15 is 0 Å². The molecular weight excluding hydrogens is 306 g/mol. The van der Waals surface area contributed by atoms with Gasteiger partial charge in [-0.25, -0.2) is 4.79 Å². The zero-order valence-corrected chi connectivity index (χ0v) is 15.4. The summed E-state index contributed by atoms with van der Waals surface area (Å²) in [7, 11) is 0. The molecule has 0 spiro atoms. The highest BCUT2D eigenvalue weighted by atomic mass is 16.6. The molecule has 0 atom stereocenters. The van der Waals surface area contributed by atoms with Gasteiger partial charge >= 0.3 is 6.09 Å². The van der Waals surface area contributed by atoms with Gasteiger partial charge in [0.1, 0.15) is 5.60 Å². The minimum absolute atomic E-state index is 0.191. The molecule has 2 aliphatic heterocycles. The lowest BCUT2D eigenvalue weighted by Crippen LogP contribution is -2.55. The van der Waals surface area contributed by atoms with E-state index in [0.29, 0.717) is 12.2 Å². The lowest BCUT2D eigenvalue weighted by Gasteiger charge is -2.46. The summed E-state index contributed by atoms with van der Waals surface area (Å²) < 4.78 is 11.7. The van der Waals surface area contributed by atoms with Crippen molar-refractivity contribution >= 4 is 6.09 Å². The molecule has 0 aromatic rings. The predicted molar refractivity (Wildman–Crippen MR) is 93.2 cm³/mol. The summed E-state index contributed by atoms with van der Waals surface area (Å²) >= 11 is 0. The van der Waals surface area contributed by atoms with E-state index in [2.05, 4.69) is 10.2 Å². The van der Waals surface area contributed by atoms with Crippen molar-refractivity contribution in [2.24, 2.45) is 0 Å². The third kappa shape index (κ3) is 4.83. The minimum Gasteiger partial charge on any atom is -0.444 e. The number of piperidine rings is 1. The van der Waals surface area contributed by atoms with Crippen molar-refractivity contribution in [3.05, 3.63) is 0 Å². The zero-order chi connectivity index (χ0) is 17.2. The second kappa shape index (κ2) is 7.58. The van der Waals surface area contributed by atoms with Crippen molar-refractivity contribution in [3.63, 3.8) is 0 Å². The zero-order valence-electron chi connectivity index (χ0n) is 15.4. The van der Waals surface area contributed by atoms with Gasteiger partial charge in [0.15, 0.2) is 0 Å². The number of amides is 1. The molecule has 2 saturated heterocycles. The number of rotatable bonds is 3. The van der Waals surface area contributed by atoms with Crippen molar-refractivity contribution in [1.82, 2.24) is 15.1 Å². The van der Waals surface area contributed by atoms with Crippen LogP contribution in [0.4, 0.5) is 4.79 Å². The van der Waals surface area contributed by atoms with Crippen LogP contribution in [0, 0.1) is 0 Å². The maximum atomic E-state index is 12.1. The average Bonchev–Trinajstić information content (AvgIpc) is 2.50. The van der Waals surface area contributed by atoms with Gasteiger partial charge in [-0.05, 0) is 46.5 Å². The summed E-state index contributed by atoms with van der Waals surface area (Å²) in [5.74, 6) is 0. The number of piperazine rings is 1. The highest BCUT2D eigenvalue weighted by Crippen LogP contribution is 2.31. The van der Waals surface area contributed by atoms with Gasteiger partial charge in [-0.2, -0.15) is 0 Å². The van der Waals surface area contributed by atoms with Crippen molar-refractivity contribution < 1.29 is 14.3 Å². The Morgan fingerprint density at radius 1 is 1.00 bits per heavy atom. The molecule has 1 aliphatic carbocycles. The normalized spacial score (nSPS) is 30.0. The monoisotopic (exact) mass is 339 g/mol. The number of nitrogens with one attached hydrogen (secondary N) is 1. The van der Waals surface area contributed by atoms with Gasteiger partial charge in [-0.15, -0.1) is 0 Å². The highest BCUT2D eigenvalue weighted by Gasteiger charge is 2.37. The summed E-state index contributed by atoms with van der Waals surface area (Å²) in [6.07, 6.45) is 4.73. The van der Waals surface area contributed by atoms with Crippen LogP contribution in [-0.2, 0) is 9.47 Å². The van der Waals surface area contributed by atoms with Crippen LogP contribution in [0.3, 0.4) is 0 Å². The standard InChI is InChI=1S/C18H33N3O3/c1-18(2,3)24-17(22)21-8-4-15(5-9-21)23-16-12-14(13-16)20-10-6-19-7-11-20/h14-16,19H,4-13H2,1-3H3/t14-,16-. The summed E-state index contributed by atoms with van der Waals surface area (Å²) in [5.41, 5.74) is -0.421. The molecule has 138 valence electrons. The lowest BCUT2D eigenvalue weighted by atomic mass is 9.87. The summed E-state index contributed by atoms with van der Waals surface area (Å²) in [6, 6.07) is 0.721. The first-order valence-electron chi connectivity index (χ1n) is 9.49. The molecule has 0 aromatic heterocycles. The molecule has 24 heavy (non-hydrogen) atoms. The molecule has 2 heterocycles. The summed E-state index contributed by atoms with van der Waals surface area (Å²) in [4.78, 5) is 16.5. The number of hydrogen-bond acceptors (Lipinski definition) is 5. The van der Waals surface area contributed by atoms with E-state index in [9.17, 15) is 4.79 Å². The molecule has 1 saturated carbocycles. The third-order valence-corrected chi connectivity index (χ3v) is 5.22. The molecule has 0 unspecified atom stereocenters. The van der Waals surface area contributed by atoms with Gasteiger partial charge in [-0.3, -0.25) is 4.90 Å². The number of likely N-dealkylation sites (tertiary alicyclic amines) is 1. The smallest absolute Gasteiger partial charge is 0.410 e. The predicted octanol–water partition coefficient (Wildman–Crippen LogP) is 1.84. The maximum Gasteiger partial charge on any atom is 0.410 e. The second-order valence-corrected chi connectivity index (χ2v) is 8.34. The molecule has 6 heteroatoms. The number of ether oxygens (including phenoxy) is 2. The quantitative estimate of drug-likeness (QED) is 0.850. The van der Waals surface area contributed by atoms with E-state index in [1.807, 2.05) is 25.7 Å². The molecule has 3 rings (SSSR count). The fourth-order valence-electron chi connectivity index (χ4n) is 3.77. The molecule has 6 nitrogen and oxygen atoms in total. The van der Waals surface area contributed by atoms with Crippen LogP contribution in [-0.4, -0.2) is 79.0 Å². The van der Waals surface area contributed by atoms with E-state index in [1.165, 1.54) is 25.9 Å². The van der Waals surface area contributed by atoms with Crippen LogP contribution in [0.5, 0.6) is 0 Å². The first-order valence-corrected chi connectivity index (χ1v) is 9.49. The molecule has 1 amide bonds. The van der Waals surface area contributed by atoms with Crippen molar-refractivity contribution in [1.29, 1.82) is 0 Å². The SMILES string of the molecule is CC(C)(C)OC(=O)N1CCC(O[C@H]2C[C@H](N3CCNCC3)C2)CC1. The van der Waals surface area contributed by atoms with Crippen LogP contribution in [0.2, 0.25) is 0 Å². The van der Waals surface area contributed by atoms with Crippen LogP contribution >= 0.6 is 0 Å². The fourth-order valence-corrected chi connectivity index (χ4v) is 3.77. The first-order chi connectivity index (χ1) is 11.4. The van der Waals surface area contributed by atoms with Gasteiger partial charge in [0.2, 0.25) is 0 Å². The molecule has 1 N–H and O–H groups in total.